The largest absolute Gasteiger partial charge is 0.419 e. The fourth-order valence-electron chi connectivity index (χ4n) is 0.800. The van der Waals surface area contributed by atoms with Crippen molar-refractivity contribution in [2.45, 2.75) is 10.0 Å². The van der Waals surface area contributed by atoms with Gasteiger partial charge in [-0.05, 0) is 6.07 Å². The Hall–Kier alpha value is -0.650. The Morgan fingerprint density at radius 1 is 1.57 bits per heavy atom. The van der Waals surface area contributed by atoms with Crippen molar-refractivity contribution in [3.8, 4) is 0 Å². The highest BCUT2D eigenvalue weighted by molar-refractivity contribution is 6.67. The van der Waals surface area contributed by atoms with Crippen LogP contribution in [-0.4, -0.2) is 19.7 Å². The molecule has 5 nitrogen and oxygen atoms in total. The molecule has 0 fully saturated rings. The highest BCUT2D eigenvalue weighted by Crippen LogP contribution is 2.38. The Bertz CT molecular complexity index is 309. The molecule has 1 aromatic heterocycles. The summed E-state index contributed by atoms with van der Waals surface area (Å²) in [6.45, 7) is 0. The van der Waals surface area contributed by atoms with Crippen molar-refractivity contribution in [2.24, 2.45) is 5.73 Å². The van der Waals surface area contributed by atoms with E-state index in [1.165, 1.54) is 17.1 Å². The minimum absolute atomic E-state index is 1.04. The monoisotopic (exact) mass is 257 g/mol. The lowest BCUT2D eigenvalue weighted by atomic mass is 10.6. The summed E-state index contributed by atoms with van der Waals surface area (Å²) in [5, 5.41) is 3.77. The molecule has 0 aliphatic carbocycles. The maximum absolute atomic E-state index is 10.5. The van der Waals surface area contributed by atoms with Crippen molar-refractivity contribution in [2.75, 3.05) is 0 Å². The van der Waals surface area contributed by atoms with Gasteiger partial charge in [-0.1, -0.05) is 34.8 Å². The molecule has 0 bridgehead atoms. The Labute approximate surface area is 94.7 Å². The molecule has 0 spiro atoms. The lowest BCUT2D eigenvalue weighted by Crippen LogP contribution is -2.31. The second kappa shape index (κ2) is 4.25. The minimum Gasteiger partial charge on any atom is -0.419 e. The van der Waals surface area contributed by atoms with Gasteiger partial charge in [-0.3, -0.25) is 0 Å². The molecule has 0 aromatic carbocycles. The summed E-state index contributed by atoms with van der Waals surface area (Å²) in [7, 11) is 0. The highest BCUT2D eigenvalue weighted by atomic mass is 35.6. The van der Waals surface area contributed by atoms with Gasteiger partial charge in [0.1, 0.15) is 0 Å². The fourth-order valence-corrected chi connectivity index (χ4v) is 1.23. The molecule has 1 aromatic rings. The molecule has 1 heterocycles. The van der Waals surface area contributed by atoms with E-state index in [9.17, 15) is 4.79 Å². The van der Waals surface area contributed by atoms with Crippen molar-refractivity contribution in [3.63, 3.8) is 0 Å². The van der Waals surface area contributed by atoms with Crippen molar-refractivity contribution in [3.05, 3.63) is 18.5 Å². The third-order valence-electron chi connectivity index (χ3n) is 1.27. The minimum atomic E-state index is -1.83. The topological polar surface area (TPSA) is 70.1 Å². The molecule has 1 amide bonds. The number of nitrogens with two attached hydrogens (primary N) is 1. The molecule has 0 aliphatic heterocycles. The molecule has 0 saturated heterocycles. The Morgan fingerprint density at radius 3 is 2.57 bits per heavy atom. The van der Waals surface area contributed by atoms with Crippen LogP contribution in [-0.2, 0) is 4.74 Å². The van der Waals surface area contributed by atoms with Crippen LogP contribution in [0.4, 0.5) is 4.79 Å². The number of hydrogen-bond donors (Lipinski definition) is 1. The molecule has 0 aliphatic rings. The molecular weight excluding hydrogens is 252 g/mol. The lowest BCUT2D eigenvalue weighted by molar-refractivity contribution is 0.0567. The average Bonchev–Trinajstić information content (AvgIpc) is 2.49. The van der Waals surface area contributed by atoms with Crippen molar-refractivity contribution in [1.82, 2.24) is 9.78 Å². The SMILES string of the molecule is NC(=O)OC(n1cccn1)C(Cl)(Cl)Cl. The second-order valence-electron chi connectivity index (χ2n) is 2.32. The quantitative estimate of drug-likeness (QED) is 0.823. The number of halogens is 3. The van der Waals surface area contributed by atoms with Gasteiger partial charge in [0.25, 0.3) is 0 Å². The molecule has 0 radical (unpaired) electrons. The van der Waals surface area contributed by atoms with E-state index in [4.69, 9.17) is 40.5 Å². The standard InChI is InChI=1S/C6H6Cl3N3O2/c7-6(8,9)4(14-5(10)13)12-3-1-2-11-12/h1-4H,(H2,10,13). The number of amides is 1. The normalized spacial score (nSPS) is 13.6. The predicted molar refractivity (Wildman–Crippen MR) is 52.2 cm³/mol. The number of ether oxygens (including phenoxy) is 1. The average molecular weight is 258 g/mol. The summed E-state index contributed by atoms with van der Waals surface area (Å²) in [6.07, 6.45) is 0.709. The van der Waals surface area contributed by atoms with Crippen LogP contribution in [0.3, 0.4) is 0 Å². The van der Waals surface area contributed by atoms with Gasteiger partial charge in [0.2, 0.25) is 10.0 Å². The van der Waals surface area contributed by atoms with E-state index in [0.29, 0.717) is 0 Å². The van der Waals surface area contributed by atoms with E-state index in [1.54, 1.807) is 6.07 Å². The number of alkyl halides is 3. The van der Waals surface area contributed by atoms with Gasteiger partial charge in [0.15, 0.2) is 0 Å². The van der Waals surface area contributed by atoms with Crippen LogP contribution in [0.2, 0.25) is 0 Å². The van der Waals surface area contributed by atoms with Crippen LogP contribution in [0.25, 0.3) is 0 Å². The van der Waals surface area contributed by atoms with Gasteiger partial charge in [0, 0.05) is 12.4 Å². The highest BCUT2D eigenvalue weighted by Gasteiger charge is 2.37. The fraction of sp³-hybridized carbons (Fsp3) is 0.333. The summed E-state index contributed by atoms with van der Waals surface area (Å²) in [6, 6.07) is 1.59. The number of aromatic nitrogens is 2. The van der Waals surface area contributed by atoms with Crippen LogP contribution in [0, 0.1) is 0 Å². The number of primary amides is 1. The Morgan fingerprint density at radius 2 is 2.21 bits per heavy atom. The summed E-state index contributed by atoms with van der Waals surface area (Å²) in [4.78, 5) is 10.5. The molecular formula is C6H6Cl3N3O2. The Balaban J connectivity index is 2.89. The van der Waals surface area contributed by atoms with Crippen LogP contribution in [0.1, 0.15) is 6.23 Å². The van der Waals surface area contributed by atoms with Gasteiger partial charge < -0.3 is 10.5 Å². The number of nitrogens with zero attached hydrogens (tertiary/aromatic N) is 2. The number of carbonyl (C=O) groups is 1. The zero-order chi connectivity index (χ0) is 10.8. The maximum atomic E-state index is 10.5. The van der Waals surface area contributed by atoms with Gasteiger partial charge in [0.05, 0.1) is 0 Å². The third kappa shape index (κ3) is 2.94. The van der Waals surface area contributed by atoms with Crippen LogP contribution >= 0.6 is 34.8 Å². The summed E-state index contributed by atoms with van der Waals surface area (Å²) in [5.74, 6) is 0. The molecule has 14 heavy (non-hydrogen) atoms. The van der Waals surface area contributed by atoms with E-state index in [0.717, 1.165) is 0 Å². The number of rotatable bonds is 2. The first-order valence-electron chi connectivity index (χ1n) is 3.43. The van der Waals surface area contributed by atoms with Crippen molar-refractivity contribution < 1.29 is 9.53 Å². The predicted octanol–water partition coefficient (Wildman–Crippen LogP) is 1.85. The van der Waals surface area contributed by atoms with Crippen LogP contribution in [0.15, 0.2) is 18.5 Å². The van der Waals surface area contributed by atoms with Gasteiger partial charge >= 0.3 is 6.09 Å². The van der Waals surface area contributed by atoms with E-state index >= 15 is 0 Å². The zero-order valence-electron chi connectivity index (χ0n) is 6.73. The Kier molecular flexibility index (Phi) is 3.47. The van der Waals surface area contributed by atoms with E-state index in [1.807, 2.05) is 0 Å². The smallest absolute Gasteiger partial charge is 0.406 e. The lowest BCUT2D eigenvalue weighted by Gasteiger charge is -2.23. The first-order chi connectivity index (χ1) is 6.41. The molecule has 1 unspecified atom stereocenters. The molecule has 1 rings (SSSR count). The number of hydrogen-bond acceptors (Lipinski definition) is 3. The molecule has 2 N–H and O–H groups in total. The van der Waals surface area contributed by atoms with Crippen LogP contribution < -0.4 is 5.73 Å². The van der Waals surface area contributed by atoms with Crippen LogP contribution in [0.5, 0.6) is 0 Å². The summed E-state index contributed by atoms with van der Waals surface area (Å²) >= 11 is 16.7. The molecule has 0 saturated carbocycles. The molecule has 8 heteroatoms. The summed E-state index contributed by atoms with van der Waals surface area (Å²) < 4.78 is 3.95. The molecule has 1 atom stereocenters. The third-order valence-corrected chi connectivity index (χ3v) is 1.83. The molecule has 78 valence electrons. The zero-order valence-corrected chi connectivity index (χ0v) is 9.00. The van der Waals surface area contributed by atoms with Gasteiger partial charge in [-0.2, -0.15) is 5.10 Å². The second-order valence-corrected chi connectivity index (χ2v) is 4.69. The maximum Gasteiger partial charge on any atom is 0.406 e. The summed E-state index contributed by atoms with van der Waals surface area (Å²) in [5.41, 5.74) is 4.82. The van der Waals surface area contributed by atoms with Gasteiger partial charge in [-0.25, -0.2) is 9.48 Å². The first-order valence-corrected chi connectivity index (χ1v) is 4.56. The van der Waals surface area contributed by atoms with Crippen molar-refractivity contribution in [1.29, 1.82) is 0 Å². The number of carbonyl (C=O) groups excluding carboxylic acids is 1. The van der Waals surface area contributed by atoms with E-state index in [-0.39, 0.29) is 0 Å². The van der Waals surface area contributed by atoms with E-state index in [2.05, 4.69) is 9.84 Å². The van der Waals surface area contributed by atoms with E-state index < -0.39 is 16.1 Å². The first kappa shape index (κ1) is 11.4. The van der Waals surface area contributed by atoms with Gasteiger partial charge in [-0.15, -0.1) is 0 Å². The van der Waals surface area contributed by atoms with Crippen molar-refractivity contribution >= 4 is 40.9 Å².